The molecule has 1 atom stereocenters. The molecule has 122 valence electrons. The van der Waals surface area contributed by atoms with Crippen molar-refractivity contribution in [2.45, 2.75) is 33.1 Å². The molecule has 0 bridgehead atoms. The summed E-state index contributed by atoms with van der Waals surface area (Å²) in [4.78, 5) is 26.2. The van der Waals surface area contributed by atoms with Gasteiger partial charge in [-0.25, -0.2) is 0 Å². The highest BCUT2D eigenvalue weighted by Crippen LogP contribution is 2.23. The Bertz CT molecular complexity index is 735. The predicted molar refractivity (Wildman–Crippen MR) is 89.2 cm³/mol. The topological polar surface area (TPSA) is 62.6 Å². The second kappa shape index (κ2) is 6.44. The number of benzene rings is 1. The van der Waals surface area contributed by atoms with Gasteiger partial charge in [-0.05, 0) is 44.0 Å². The molecule has 1 fully saturated rings. The number of anilines is 1. The first kappa shape index (κ1) is 15.6. The van der Waals surface area contributed by atoms with Gasteiger partial charge in [0.1, 0.15) is 11.3 Å². The van der Waals surface area contributed by atoms with Crippen molar-refractivity contribution in [2.75, 3.05) is 18.4 Å². The molecule has 2 aromatic rings. The lowest BCUT2D eigenvalue weighted by molar-refractivity contribution is -0.137. The predicted octanol–water partition coefficient (Wildman–Crippen LogP) is 3.33. The smallest absolute Gasteiger partial charge is 0.243 e. The summed E-state index contributed by atoms with van der Waals surface area (Å²) in [6, 6.07) is 7.48. The highest BCUT2D eigenvalue weighted by Gasteiger charge is 2.24. The molecule has 3 rings (SSSR count). The first-order valence-electron chi connectivity index (χ1n) is 8.12. The molecule has 1 aliphatic heterocycles. The molecule has 1 aromatic heterocycles. The van der Waals surface area contributed by atoms with E-state index in [9.17, 15) is 9.59 Å². The van der Waals surface area contributed by atoms with Crippen molar-refractivity contribution in [1.29, 1.82) is 0 Å². The van der Waals surface area contributed by atoms with Crippen LogP contribution in [0, 0.1) is 12.8 Å². The van der Waals surface area contributed by atoms with E-state index < -0.39 is 0 Å². The standard InChI is InChI=1S/C18H22N2O3/c1-12-5-3-4-8-20(18(12)22)11-17(21)19-15-6-7-16-14(10-15)9-13(2)23-16/h6-7,9-10,12H,3-5,8,11H2,1-2H3,(H,19,21)/t12-/m0/s1. The lowest BCUT2D eigenvalue weighted by Crippen LogP contribution is -2.40. The van der Waals surface area contributed by atoms with Crippen molar-refractivity contribution < 1.29 is 14.0 Å². The molecule has 1 N–H and O–H groups in total. The van der Waals surface area contributed by atoms with Gasteiger partial charge in [0.2, 0.25) is 11.8 Å². The number of carbonyl (C=O) groups is 2. The summed E-state index contributed by atoms with van der Waals surface area (Å²) in [5.74, 6) is 0.772. The van der Waals surface area contributed by atoms with E-state index in [2.05, 4.69) is 5.32 Å². The lowest BCUT2D eigenvalue weighted by atomic mass is 10.1. The number of rotatable bonds is 3. The van der Waals surface area contributed by atoms with Crippen LogP contribution in [0.3, 0.4) is 0 Å². The Morgan fingerprint density at radius 3 is 3.00 bits per heavy atom. The zero-order valence-electron chi connectivity index (χ0n) is 13.6. The Kier molecular flexibility index (Phi) is 4.37. The van der Waals surface area contributed by atoms with Crippen molar-refractivity contribution in [1.82, 2.24) is 4.90 Å². The summed E-state index contributed by atoms with van der Waals surface area (Å²) in [5.41, 5.74) is 1.52. The van der Waals surface area contributed by atoms with E-state index in [1.54, 1.807) is 4.90 Å². The van der Waals surface area contributed by atoms with Gasteiger partial charge < -0.3 is 14.6 Å². The van der Waals surface area contributed by atoms with Gasteiger partial charge in [-0.1, -0.05) is 13.3 Å². The zero-order valence-corrected chi connectivity index (χ0v) is 13.6. The minimum absolute atomic E-state index is 0.00977. The van der Waals surface area contributed by atoms with E-state index in [1.165, 1.54) is 0 Å². The Balaban J connectivity index is 1.66. The first-order chi connectivity index (χ1) is 11.0. The number of aryl methyl sites for hydroxylation is 1. The van der Waals surface area contributed by atoms with Crippen LogP contribution in [0.4, 0.5) is 5.69 Å². The molecule has 0 spiro atoms. The van der Waals surface area contributed by atoms with Gasteiger partial charge in [0.05, 0.1) is 6.54 Å². The number of carbonyl (C=O) groups excluding carboxylic acids is 2. The second-order valence-corrected chi connectivity index (χ2v) is 6.31. The highest BCUT2D eigenvalue weighted by atomic mass is 16.3. The van der Waals surface area contributed by atoms with Crippen LogP contribution in [0.25, 0.3) is 11.0 Å². The van der Waals surface area contributed by atoms with Crippen LogP contribution in [0.15, 0.2) is 28.7 Å². The maximum Gasteiger partial charge on any atom is 0.243 e. The van der Waals surface area contributed by atoms with Crippen LogP contribution in [0.2, 0.25) is 0 Å². The third-order valence-electron chi connectivity index (χ3n) is 4.31. The van der Waals surface area contributed by atoms with Crippen molar-refractivity contribution in [2.24, 2.45) is 5.92 Å². The van der Waals surface area contributed by atoms with Crippen LogP contribution in [0.5, 0.6) is 0 Å². The maximum absolute atomic E-state index is 12.3. The number of amides is 2. The Morgan fingerprint density at radius 1 is 1.35 bits per heavy atom. The minimum Gasteiger partial charge on any atom is -0.461 e. The van der Waals surface area contributed by atoms with Gasteiger partial charge in [0, 0.05) is 23.5 Å². The van der Waals surface area contributed by atoms with Crippen LogP contribution in [-0.4, -0.2) is 29.8 Å². The van der Waals surface area contributed by atoms with Gasteiger partial charge in [0.15, 0.2) is 0 Å². The van der Waals surface area contributed by atoms with E-state index >= 15 is 0 Å². The van der Waals surface area contributed by atoms with Crippen molar-refractivity contribution in [3.05, 3.63) is 30.0 Å². The van der Waals surface area contributed by atoms with Crippen LogP contribution >= 0.6 is 0 Å². The van der Waals surface area contributed by atoms with E-state index in [-0.39, 0.29) is 24.3 Å². The lowest BCUT2D eigenvalue weighted by Gasteiger charge is -2.22. The molecule has 0 radical (unpaired) electrons. The summed E-state index contributed by atoms with van der Waals surface area (Å²) in [6.07, 6.45) is 2.92. The number of nitrogens with one attached hydrogen (secondary N) is 1. The number of nitrogens with zero attached hydrogens (tertiary/aromatic N) is 1. The van der Waals surface area contributed by atoms with Crippen LogP contribution in [-0.2, 0) is 9.59 Å². The molecule has 0 aliphatic carbocycles. The molecule has 0 unspecified atom stereocenters. The molecule has 23 heavy (non-hydrogen) atoms. The van der Waals surface area contributed by atoms with Crippen LogP contribution < -0.4 is 5.32 Å². The Hall–Kier alpha value is -2.30. The molecule has 1 aromatic carbocycles. The number of hydrogen-bond acceptors (Lipinski definition) is 3. The Morgan fingerprint density at radius 2 is 2.17 bits per heavy atom. The molecule has 2 amide bonds. The monoisotopic (exact) mass is 314 g/mol. The number of likely N-dealkylation sites (tertiary alicyclic amines) is 1. The molecule has 1 aliphatic rings. The van der Waals surface area contributed by atoms with E-state index in [0.717, 1.165) is 41.7 Å². The van der Waals surface area contributed by atoms with Crippen LogP contribution in [0.1, 0.15) is 31.9 Å². The van der Waals surface area contributed by atoms with E-state index in [0.29, 0.717) is 6.54 Å². The molecule has 2 heterocycles. The van der Waals surface area contributed by atoms with Crippen molar-refractivity contribution in [3.8, 4) is 0 Å². The number of hydrogen-bond donors (Lipinski definition) is 1. The second-order valence-electron chi connectivity index (χ2n) is 6.31. The summed E-state index contributed by atoms with van der Waals surface area (Å²) in [6.45, 7) is 4.61. The summed E-state index contributed by atoms with van der Waals surface area (Å²) in [7, 11) is 0. The summed E-state index contributed by atoms with van der Waals surface area (Å²) >= 11 is 0. The van der Waals surface area contributed by atoms with Gasteiger partial charge in [-0.3, -0.25) is 9.59 Å². The highest BCUT2D eigenvalue weighted by molar-refractivity contribution is 5.96. The average molecular weight is 314 g/mol. The summed E-state index contributed by atoms with van der Waals surface area (Å²) in [5, 5.41) is 3.83. The zero-order chi connectivity index (χ0) is 16.4. The van der Waals surface area contributed by atoms with Crippen molar-refractivity contribution in [3.63, 3.8) is 0 Å². The summed E-state index contributed by atoms with van der Waals surface area (Å²) < 4.78 is 5.52. The van der Waals surface area contributed by atoms with Gasteiger partial charge in [-0.15, -0.1) is 0 Å². The SMILES string of the molecule is Cc1cc2cc(NC(=O)CN3CCCC[C@H](C)C3=O)ccc2o1. The first-order valence-corrected chi connectivity index (χ1v) is 8.12. The number of fused-ring (bicyclic) bond motifs is 1. The number of furan rings is 1. The third kappa shape index (κ3) is 3.55. The molecule has 1 saturated heterocycles. The van der Waals surface area contributed by atoms with E-state index in [4.69, 9.17) is 4.42 Å². The van der Waals surface area contributed by atoms with Gasteiger partial charge in [0.25, 0.3) is 0 Å². The normalized spacial score (nSPS) is 19.0. The average Bonchev–Trinajstić information content (AvgIpc) is 2.80. The molecule has 0 saturated carbocycles. The fourth-order valence-electron chi connectivity index (χ4n) is 3.08. The molecule has 5 nitrogen and oxygen atoms in total. The maximum atomic E-state index is 12.3. The molecular formula is C18H22N2O3. The largest absolute Gasteiger partial charge is 0.461 e. The Labute approximate surface area is 135 Å². The van der Waals surface area contributed by atoms with E-state index in [1.807, 2.05) is 38.1 Å². The van der Waals surface area contributed by atoms with Gasteiger partial charge >= 0.3 is 0 Å². The quantitative estimate of drug-likeness (QED) is 0.945. The minimum atomic E-state index is -0.160. The van der Waals surface area contributed by atoms with Gasteiger partial charge in [-0.2, -0.15) is 0 Å². The van der Waals surface area contributed by atoms with Crippen molar-refractivity contribution >= 4 is 28.5 Å². The fraction of sp³-hybridized carbons (Fsp3) is 0.444. The fourth-order valence-corrected chi connectivity index (χ4v) is 3.08. The third-order valence-corrected chi connectivity index (χ3v) is 4.31. The molecule has 5 heteroatoms. The molecular weight excluding hydrogens is 292 g/mol.